The van der Waals surface area contributed by atoms with Gasteiger partial charge in [-0.2, -0.15) is 0 Å². The monoisotopic (exact) mass is 712 g/mol. The van der Waals surface area contributed by atoms with Crippen molar-refractivity contribution >= 4 is 75.9 Å². The van der Waals surface area contributed by atoms with Crippen molar-refractivity contribution in [2.45, 2.75) is 14.7 Å². The molecule has 3 aromatic carbocycles. The molecule has 27 heteroatoms. The minimum Gasteiger partial charge on any atom is -0.744 e. The Hall–Kier alpha value is -2.01. The van der Waals surface area contributed by atoms with Gasteiger partial charge in [0.15, 0.2) is 11.4 Å². The van der Waals surface area contributed by atoms with Crippen LogP contribution in [-0.4, -0.2) is 48.8 Å². The number of azo groups is 2. The number of nitrogens with zero attached hydrogens (tertiary/aromatic N) is 6. The minimum atomic E-state index is -5.40. The van der Waals surface area contributed by atoms with Crippen LogP contribution in [0.1, 0.15) is 0 Å². The molecule has 0 amide bonds. The van der Waals surface area contributed by atoms with Gasteiger partial charge in [0.25, 0.3) is 11.4 Å². The Morgan fingerprint density at radius 2 is 0.933 bits per heavy atom. The summed E-state index contributed by atoms with van der Waals surface area (Å²) in [4.78, 5) is 17.3. The Morgan fingerprint density at radius 3 is 1.29 bits per heavy atom. The van der Waals surface area contributed by atoms with Gasteiger partial charge in [0, 0.05) is 12.1 Å². The van der Waals surface area contributed by atoms with Gasteiger partial charge in [-0.05, 0) is 30.3 Å². The fourth-order valence-electron chi connectivity index (χ4n) is 3.05. The molecule has 21 nitrogen and oxygen atoms in total. The molecule has 0 unspecified atom stereocenters. The molecule has 222 valence electrons. The Kier molecular flexibility index (Phi) is 15.5. The molecule has 0 saturated heterocycles. The van der Waals surface area contributed by atoms with Gasteiger partial charge >= 0.3 is 88.7 Å². The van der Waals surface area contributed by atoms with Crippen molar-refractivity contribution < 1.29 is 137 Å². The van der Waals surface area contributed by atoms with E-state index in [9.17, 15) is 59.1 Å². The number of hydrogen-bond acceptors (Lipinski definition) is 19. The summed E-state index contributed by atoms with van der Waals surface area (Å²) < 4.78 is 103. The van der Waals surface area contributed by atoms with E-state index < -0.39 is 100 Å². The molecular weight excluding hydrogens is 701 g/mol. The standard InChI is InChI=1S/C18H14N8O13S3.3Na/c19-16-12(23-21-10-3-1-8(40(31,32)33)5-13(10)25(27)28)7-15(42(37,38)39)17(20)18(16)24-22-11-4-2-9(41(34,35)36)6-14(11)26(29)30;;;/h1-7H,19-20H2,(H,31,32,33)(H,34,35,36)(H,37,38,39);;;/q;3*+1/p-3. The molecular formula is C18H11N8Na3O13S3. The van der Waals surface area contributed by atoms with E-state index in [0.717, 1.165) is 6.07 Å². The zero-order chi connectivity index (χ0) is 31.8. The first-order valence-electron chi connectivity index (χ1n) is 10.2. The number of nitrogens with two attached hydrogens (primary N) is 2. The van der Waals surface area contributed by atoms with E-state index >= 15 is 0 Å². The van der Waals surface area contributed by atoms with Gasteiger partial charge in [-0.3, -0.25) is 20.2 Å². The summed E-state index contributed by atoms with van der Waals surface area (Å²) in [6.45, 7) is 0. The van der Waals surface area contributed by atoms with Gasteiger partial charge in [-0.25, -0.2) is 25.3 Å². The van der Waals surface area contributed by atoms with Crippen LogP contribution in [0.4, 0.5) is 45.5 Å². The fourth-order valence-corrected chi connectivity index (χ4v) is 4.65. The van der Waals surface area contributed by atoms with Crippen molar-refractivity contribution in [2.24, 2.45) is 20.5 Å². The molecule has 0 aliphatic carbocycles. The molecule has 0 aliphatic heterocycles. The van der Waals surface area contributed by atoms with Crippen LogP contribution in [0.3, 0.4) is 0 Å². The van der Waals surface area contributed by atoms with Gasteiger partial charge < -0.3 is 25.1 Å². The summed E-state index contributed by atoms with van der Waals surface area (Å²) in [5, 5.41) is 36.7. The van der Waals surface area contributed by atoms with Crippen LogP contribution in [0.2, 0.25) is 0 Å². The third kappa shape index (κ3) is 10.5. The predicted molar refractivity (Wildman–Crippen MR) is 134 cm³/mol. The van der Waals surface area contributed by atoms with E-state index in [1.54, 1.807) is 0 Å². The topological polar surface area (TPSA) is 359 Å². The van der Waals surface area contributed by atoms with Crippen molar-refractivity contribution in [2.75, 3.05) is 11.5 Å². The van der Waals surface area contributed by atoms with E-state index in [0.29, 0.717) is 36.4 Å². The van der Waals surface area contributed by atoms with Crippen LogP contribution >= 0.6 is 0 Å². The third-order valence-electron chi connectivity index (χ3n) is 4.98. The second kappa shape index (κ2) is 16.2. The van der Waals surface area contributed by atoms with Crippen molar-refractivity contribution in [1.82, 2.24) is 0 Å². The largest absolute Gasteiger partial charge is 1.00 e. The average Bonchev–Trinajstić information content (AvgIpc) is 2.86. The summed E-state index contributed by atoms with van der Waals surface area (Å²) in [7, 11) is -15.6. The van der Waals surface area contributed by atoms with Crippen LogP contribution in [0.25, 0.3) is 0 Å². The Balaban J connectivity index is 0.00000645. The van der Waals surface area contributed by atoms with E-state index in [1.165, 1.54) is 0 Å². The molecule has 0 fully saturated rings. The quantitative estimate of drug-likeness (QED) is 0.0520. The van der Waals surface area contributed by atoms with Gasteiger partial charge in [-0.1, -0.05) is 0 Å². The molecule has 0 bridgehead atoms. The first-order chi connectivity index (χ1) is 19.2. The maximum Gasteiger partial charge on any atom is 1.00 e. The summed E-state index contributed by atoms with van der Waals surface area (Å²) in [5.41, 5.74) is 5.12. The Bertz CT molecular complexity index is 2060. The Morgan fingerprint density at radius 1 is 0.556 bits per heavy atom. The Labute approximate surface area is 319 Å². The number of nitro benzene ring substituents is 2. The van der Waals surface area contributed by atoms with Crippen LogP contribution < -0.4 is 100 Å². The maximum atomic E-state index is 11.8. The first-order valence-corrected chi connectivity index (χ1v) is 14.4. The second-order valence-corrected chi connectivity index (χ2v) is 11.8. The van der Waals surface area contributed by atoms with Gasteiger partial charge in [0.1, 0.15) is 41.7 Å². The van der Waals surface area contributed by atoms with Crippen molar-refractivity contribution in [3.63, 3.8) is 0 Å². The van der Waals surface area contributed by atoms with Crippen molar-refractivity contribution in [3.8, 4) is 0 Å². The normalized spacial score (nSPS) is 11.8. The second-order valence-electron chi connectivity index (χ2n) is 7.65. The third-order valence-corrected chi connectivity index (χ3v) is 7.52. The first kappa shape index (κ1) is 43.0. The van der Waals surface area contributed by atoms with Gasteiger partial charge in [0.05, 0.1) is 35.9 Å². The van der Waals surface area contributed by atoms with Crippen LogP contribution in [-0.2, 0) is 30.4 Å². The van der Waals surface area contributed by atoms with E-state index in [4.69, 9.17) is 11.5 Å². The molecule has 0 spiro atoms. The van der Waals surface area contributed by atoms with Crippen LogP contribution in [0, 0.1) is 20.2 Å². The summed E-state index contributed by atoms with van der Waals surface area (Å²) in [5.74, 6) is 0. The maximum absolute atomic E-state index is 11.8. The summed E-state index contributed by atoms with van der Waals surface area (Å²) >= 11 is 0. The molecule has 0 radical (unpaired) electrons. The number of nitro groups is 2. The molecule has 0 atom stereocenters. The molecule has 0 heterocycles. The summed E-state index contributed by atoms with van der Waals surface area (Å²) in [6.07, 6.45) is 0. The minimum absolute atomic E-state index is 0. The predicted octanol–water partition coefficient (Wildman–Crippen LogP) is -6.78. The number of rotatable bonds is 9. The molecule has 0 saturated carbocycles. The number of nitrogen functional groups attached to an aromatic ring is 2. The zero-order valence-electron chi connectivity index (χ0n) is 22.9. The smallest absolute Gasteiger partial charge is 0.744 e. The average molecular weight is 713 g/mol. The molecule has 3 rings (SSSR count). The van der Waals surface area contributed by atoms with E-state index in [2.05, 4.69) is 20.5 Å². The molecule has 4 N–H and O–H groups in total. The van der Waals surface area contributed by atoms with Crippen LogP contribution in [0.5, 0.6) is 0 Å². The number of benzene rings is 3. The van der Waals surface area contributed by atoms with E-state index in [-0.39, 0.29) is 88.7 Å². The molecule has 0 aromatic heterocycles. The van der Waals surface area contributed by atoms with Crippen molar-refractivity contribution in [3.05, 3.63) is 62.7 Å². The fraction of sp³-hybridized carbons (Fsp3) is 0. The van der Waals surface area contributed by atoms with E-state index in [1.807, 2.05) is 0 Å². The van der Waals surface area contributed by atoms with Gasteiger partial charge in [0.2, 0.25) is 0 Å². The van der Waals surface area contributed by atoms with Gasteiger partial charge in [-0.15, -0.1) is 20.5 Å². The zero-order valence-corrected chi connectivity index (χ0v) is 31.4. The van der Waals surface area contributed by atoms with Crippen LogP contribution in [0.15, 0.2) is 77.6 Å². The molecule has 3 aromatic rings. The molecule has 45 heavy (non-hydrogen) atoms. The number of hydrogen-bond donors (Lipinski definition) is 2. The SMILES string of the molecule is Nc1c(N=Nc2ccc(S(=O)(=O)[O-])cc2[N+](=O)[O-])cc(S(=O)(=O)[O-])c(N)c1N=Nc1ccc(S(=O)(=O)[O-])cc1[N+](=O)[O-].[Na+].[Na+].[Na+]. The molecule has 0 aliphatic rings. The van der Waals surface area contributed by atoms with Crippen molar-refractivity contribution in [1.29, 1.82) is 0 Å². The number of anilines is 2. The summed E-state index contributed by atoms with van der Waals surface area (Å²) in [6, 6.07) is 4.01.